The minimum Gasteiger partial charge on any atom is -0.462 e. The van der Waals surface area contributed by atoms with E-state index in [1.54, 1.807) is 6.92 Å². The Bertz CT molecular complexity index is 502. The highest BCUT2D eigenvalue weighted by molar-refractivity contribution is 5.96. The minimum absolute atomic E-state index is 0.0840. The molecule has 6 heteroatoms. The summed E-state index contributed by atoms with van der Waals surface area (Å²) in [6.45, 7) is 4.14. The third-order valence-corrected chi connectivity index (χ3v) is 3.53. The van der Waals surface area contributed by atoms with E-state index in [9.17, 15) is 9.18 Å². The molecule has 1 aliphatic heterocycles. The molecule has 0 aliphatic carbocycles. The van der Waals surface area contributed by atoms with Gasteiger partial charge in [0.1, 0.15) is 5.82 Å². The maximum Gasteiger partial charge on any atom is 0.340 e. The van der Waals surface area contributed by atoms with Gasteiger partial charge in [0.05, 0.1) is 17.9 Å². The second kappa shape index (κ2) is 7.26. The fraction of sp³-hybridized carbons (Fsp3) is 0.533. The zero-order valence-electron chi connectivity index (χ0n) is 12.2. The Morgan fingerprint density at radius 1 is 1.57 bits per heavy atom. The highest BCUT2D eigenvalue weighted by Crippen LogP contribution is 2.24. The number of anilines is 2. The van der Waals surface area contributed by atoms with E-state index in [1.807, 2.05) is 0 Å². The summed E-state index contributed by atoms with van der Waals surface area (Å²) in [4.78, 5) is 11.7. The summed E-state index contributed by atoms with van der Waals surface area (Å²) in [5, 5.41) is 3.01. The van der Waals surface area contributed by atoms with Crippen LogP contribution in [0.15, 0.2) is 12.1 Å². The summed E-state index contributed by atoms with van der Waals surface area (Å²) in [7, 11) is 0. The van der Waals surface area contributed by atoms with Crippen LogP contribution in [0.4, 0.5) is 15.8 Å². The van der Waals surface area contributed by atoms with Crippen molar-refractivity contribution in [1.29, 1.82) is 0 Å². The molecule has 21 heavy (non-hydrogen) atoms. The average Bonchev–Trinajstić information content (AvgIpc) is 2.94. The number of rotatable bonds is 6. The highest BCUT2D eigenvalue weighted by Gasteiger charge is 2.17. The molecule has 1 aromatic rings. The van der Waals surface area contributed by atoms with Gasteiger partial charge in [-0.2, -0.15) is 0 Å². The van der Waals surface area contributed by atoms with E-state index >= 15 is 0 Å². The predicted molar refractivity (Wildman–Crippen MR) is 78.8 cm³/mol. The lowest BCUT2D eigenvalue weighted by molar-refractivity contribution is 0.0527. The second-order valence-corrected chi connectivity index (χ2v) is 5.08. The molecule has 1 fully saturated rings. The van der Waals surface area contributed by atoms with Gasteiger partial charge in [0.15, 0.2) is 0 Å². The lowest BCUT2D eigenvalue weighted by Gasteiger charge is -2.13. The van der Waals surface area contributed by atoms with Gasteiger partial charge in [-0.25, -0.2) is 9.18 Å². The zero-order valence-corrected chi connectivity index (χ0v) is 12.2. The zero-order chi connectivity index (χ0) is 15.2. The topological polar surface area (TPSA) is 73.6 Å². The molecular formula is C15H21FN2O3. The first-order valence-electron chi connectivity index (χ1n) is 7.19. The van der Waals surface area contributed by atoms with Gasteiger partial charge in [0, 0.05) is 25.4 Å². The van der Waals surface area contributed by atoms with Crippen molar-refractivity contribution in [3.05, 3.63) is 23.5 Å². The molecule has 0 radical (unpaired) electrons. The lowest BCUT2D eigenvalue weighted by Crippen LogP contribution is -2.13. The van der Waals surface area contributed by atoms with Crippen molar-refractivity contribution in [3.8, 4) is 0 Å². The van der Waals surface area contributed by atoms with E-state index in [0.717, 1.165) is 32.1 Å². The summed E-state index contributed by atoms with van der Waals surface area (Å²) in [5.41, 5.74) is 6.20. The van der Waals surface area contributed by atoms with Crippen molar-refractivity contribution in [1.82, 2.24) is 0 Å². The molecule has 0 saturated carbocycles. The SMILES string of the molecule is CCOC(=O)c1cc(NCCC2CCOC2)c(F)cc1N. The van der Waals surface area contributed by atoms with Crippen LogP contribution in [-0.4, -0.2) is 32.3 Å². The Kier molecular flexibility index (Phi) is 5.38. The molecule has 0 spiro atoms. The quantitative estimate of drug-likeness (QED) is 0.623. The predicted octanol–water partition coefficient (Wildman–Crippen LogP) is 2.42. The summed E-state index contributed by atoms with van der Waals surface area (Å²) in [6, 6.07) is 2.56. The number of ether oxygens (including phenoxy) is 2. The van der Waals surface area contributed by atoms with Crippen molar-refractivity contribution in [2.75, 3.05) is 37.4 Å². The van der Waals surface area contributed by atoms with Gasteiger partial charge in [0.2, 0.25) is 0 Å². The van der Waals surface area contributed by atoms with Crippen molar-refractivity contribution in [2.45, 2.75) is 19.8 Å². The van der Waals surface area contributed by atoms with Gasteiger partial charge in [-0.05, 0) is 37.8 Å². The van der Waals surface area contributed by atoms with Gasteiger partial charge in [-0.1, -0.05) is 0 Å². The highest BCUT2D eigenvalue weighted by atomic mass is 19.1. The number of hydrogen-bond acceptors (Lipinski definition) is 5. The first-order valence-corrected chi connectivity index (χ1v) is 7.19. The number of carbonyl (C=O) groups is 1. The Balaban J connectivity index is 2.00. The van der Waals surface area contributed by atoms with Gasteiger partial charge >= 0.3 is 5.97 Å². The average molecular weight is 296 g/mol. The standard InChI is InChI=1S/C15H21FN2O3/c1-2-21-15(19)11-7-14(12(16)8-13(11)17)18-5-3-10-4-6-20-9-10/h7-8,10,18H,2-6,9,17H2,1H3. The molecule has 1 unspecified atom stereocenters. The maximum absolute atomic E-state index is 13.9. The number of nitrogen functional groups attached to an aromatic ring is 1. The van der Waals surface area contributed by atoms with Crippen LogP contribution in [0.5, 0.6) is 0 Å². The molecule has 5 nitrogen and oxygen atoms in total. The molecule has 116 valence electrons. The Hall–Kier alpha value is -1.82. The molecule has 1 saturated heterocycles. The Morgan fingerprint density at radius 2 is 2.38 bits per heavy atom. The van der Waals surface area contributed by atoms with Crippen LogP contribution in [0.1, 0.15) is 30.1 Å². The van der Waals surface area contributed by atoms with Gasteiger partial charge in [-0.15, -0.1) is 0 Å². The van der Waals surface area contributed by atoms with Crippen LogP contribution in [-0.2, 0) is 9.47 Å². The largest absolute Gasteiger partial charge is 0.462 e. The molecule has 3 N–H and O–H groups in total. The molecule has 1 aromatic carbocycles. The summed E-state index contributed by atoms with van der Waals surface area (Å²) >= 11 is 0. The Labute approximate surface area is 123 Å². The van der Waals surface area contributed by atoms with Crippen LogP contribution in [0, 0.1) is 11.7 Å². The number of nitrogens with one attached hydrogen (secondary N) is 1. The second-order valence-electron chi connectivity index (χ2n) is 5.08. The van der Waals surface area contributed by atoms with Crippen LogP contribution >= 0.6 is 0 Å². The van der Waals surface area contributed by atoms with E-state index < -0.39 is 11.8 Å². The molecule has 1 aliphatic rings. The summed E-state index contributed by atoms with van der Waals surface area (Å²) < 4.78 is 24.1. The van der Waals surface area contributed by atoms with Crippen LogP contribution in [0.3, 0.4) is 0 Å². The number of halogens is 1. The van der Waals surface area contributed by atoms with E-state index in [4.69, 9.17) is 15.2 Å². The van der Waals surface area contributed by atoms with E-state index in [1.165, 1.54) is 6.07 Å². The van der Waals surface area contributed by atoms with Crippen molar-refractivity contribution in [3.63, 3.8) is 0 Å². The first kappa shape index (κ1) is 15.6. The molecule has 1 heterocycles. The van der Waals surface area contributed by atoms with Crippen molar-refractivity contribution in [2.24, 2.45) is 5.92 Å². The molecule has 1 atom stereocenters. The number of nitrogens with two attached hydrogens (primary N) is 1. The fourth-order valence-corrected chi connectivity index (χ4v) is 2.33. The van der Waals surface area contributed by atoms with Gasteiger partial charge in [-0.3, -0.25) is 0 Å². The molecular weight excluding hydrogens is 275 g/mol. The van der Waals surface area contributed by atoms with Crippen LogP contribution < -0.4 is 11.1 Å². The maximum atomic E-state index is 13.9. The number of esters is 1. The van der Waals surface area contributed by atoms with Gasteiger partial charge in [0.25, 0.3) is 0 Å². The fourth-order valence-electron chi connectivity index (χ4n) is 2.33. The summed E-state index contributed by atoms with van der Waals surface area (Å²) in [5.74, 6) is -0.496. The van der Waals surface area contributed by atoms with Gasteiger partial charge < -0.3 is 20.5 Å². The monoisotopic (exact) mass is 296 g/mol. The third-order valence-electron chi connectivity index (χ3n) is 3.53. The Morgan fingerprint density at radius 3 is 3.05 bits per heavy atom. The molecule has 2 rings (SSSR count). The van der Waals surface area contributed by atoms with Crippen LogP contribution in [0.25, 0.3) is 0 Å². The molecule has 0 aromatic heterocycles. The number of hydrogen-bond donors (Lipinski definition) is 2. The number of benzene rings is 1. The lowest BCUT2D eigenvalue weighted by atomic mass is 10.1. The normalized spacial score (nSPS) is 17.7. The first-order chi connectivity index (χ1) is 10.1. The smallest absolute Gasteiger partial charge is 0.340 e. The van der Waals surface area contributed by atoms with Crippen molar-refractivity contribution >= 4 is 17.3 Å². The van der Waals surface area contributed by atoms with E-state index in [2.05, 4.69) is 5.32 Å². The van der Waals surface area contributed by atoms with E-state index in [0.29, 0.717) is 12.5 Å². The number of carbonyl (C=O) groups excluding carboxylic acids is 1. The molecule has 0 bridgehead atoms. The van der Waals surface area contributed by atoms with E-state index in [-0.39, 0.29) is 23.5 Å². The third kappa shape index (κ3) is 4.07. The molecule has 0 amide bonds. The van der Waals surface area contributed by atoms with Crippen LogP contribution in [0.2, 0.25) is 0 Å². The minimum atomic E-state index is -0.540. The summed E-state index contributed by atoms with van der Waals surface area (Å²) in [6.07, 6.45) is 1.94. The van der Waals surface area contributed by atoms with Crippen molar-refractivity contribution < 1.29 is 18.7 Å².